The fraction of sp³-hybridized carbons (Fsp3) is 0.0556. The number of phenols is 1. The Morgan fingerprint density at radius 3 is 2.31 bits per heavy atom. The van der Waals surface area contributed by atoms with Gasteiger partial charge in [0.15, 0.2) is 0 Å². The summed E-state index contributed by atoms with van der Waals surface area (Å²) in [5.74, 6) is -2.45. The Morgan fingerprint density at radius 1 is 1.03 bits per heavy atom. The van der Waals surface area contributed by atoms with E-state index in [0.717, 1.165) is 6.07 Å². The van der Waals surface area contributed by atoms with Crippen molar-refractivity contribution in [3.05, 3.63) is 58.6 Å². The number of aliphatic carboxylic acids is 1. The van der Waals surface area contributed by atoms with E-state index in [4.69, 9.17) is 28.3 Å². The second-order valence-corrected chi connectivity index (χ2v) is 9.80. The van der Waals surface area contributed by atoms with Crippen molar-refractivity contribution in [3.63, 3.8) is 0 Å². The molecule has 0 heterocycles. The summed E-state index contributed by atoms with van der Waals surface area (Å²) in [5, 5.41) is 20.1. The molecule has 0 aliphatic rings. The number of halogens is 2. The minimum absolute atomic E-state index is 0.0261. The third-order valence-corrected chi connectivity index (χ3v) is 7.34. The first-order chi connectivity index (χ1) is 13.6. The molecule has 3 rings (SSSR count). The Kier molecular flexibility index (Phi) is 6.04. The number of phenolic OH excluding ortho intramolecular Hbond substituents is 1. The minimum atomic E-state index is -4.11. The molecule has 0 spiro atoms. The van der Waals surface area contributed by atoms with Crippen LogP contribution in [0.3, 0.4) is 0 Å². The van der Waals surface area contributed by atoms with Crippen LogP contribution in [0.25, 0.3) is 10.8 Å². The molecular weight excluding hydrogens is 461 g/mol. The smallest absolute Gasteiger partial charge is 0.316 e. The molecule has 0 fully saturated rings. The van der Waals surface area contributed by atoms with Crippen molar-refractivity contribution in [1.82, 2.24) is 0 Å². The maximum Gasteiger partial charge on any atom is 0.316 e. The predicted molar refractivity (Wildman–Crippen MR) is 112 cm³/mol. The molecule has 0 amide bonds. The number of sulfonamides is 1. The van der Waals surface area contributed by atoms with E-state index in [9.17, 15) is 22.5 Å². The van der Waals surface area contributed by atoms with Crippen molar-refractivity contribution < 1.29 is 27.6 Å². The fourth-order valence-corrected chi connectivity index (χ4v) is 5.04. The topological polar surface area (TPSA) is 121 Å². The first kappa shape index (κ1) is 21.4. The van der Waals surface area contributed by atoms with Crippen LogP contribution in [0.2, 0.25) is 10.0 Å². The fourth-order valence-electron chi connectivity index (χ4n) is 2.63. The summed E-state index contributed by atoms with van der Waals surface area (Å²) >= 11 is 11.7. The van der Waals surface area contributed by atoms with Crippen molar-refractivity contribution in [2.75, 3.05) is 10.5 Å². The normalized spacial score (nSPS) is 12.6. The van der Waals surface area contributed by atoms with Gasteiger partial charge in [-0.3, -0.25) is 13.7 Å². The largest absolute Gasteiger partial charge is 0.506 e. The molecule has 0 saturated heterocycles. The quantitative estimate of drug-likeness (QED) is 0.467. The third kappa shape index (κ3) is 4.48. The Labute approximate surface area is 178 Å². The molecule has 152 valence electrons. The Bertz CT molecular complexity index is 1260. The second-order valence-electron chi connectivity index (χ2n) is 5.88. The summed E-state index contributed by atoms with van der Waals surface area (Å²) in [4.78, 5) is 10.6. The molecule has 0 radical (unpaired) electrons. The van der Waals surface area contributed by atoms with E-state index in [1.807, 2.05) is 0 Å². The molecule has 11 heteroatoms. The van der Waals surface area contributed by atoms with Gasteiger partial charge in [0.1, 0.15) is 11.5 Å². The molecule has 1 atom stereocenters. The van der Waals surface area contributed by atoms with E-state index < -0.39 is 32.5 Å². The number of carboxylic acid groups (broad SMARTS) is 1. The molecule has 0 aromatic heterocycles. The Hall–Kier alpha value is -2.33. The van der Waals surface area contributed by atoms with E-state index in [2.05, 4.69) is 4.72 Å². The van der Waals surface area contributed by atoms with Gasteiger partial charge in [-0.1, -0.05) is 47.5 Å². The van der Waals surface area contributed by atoms with Crippen LogP contribution >= 0.6 is 23.2 Å². The SMILES string of the molecule is O=C(O)CS(=O)c1cc(NS(=O)(=O)c2ccc(Cl)c(Cl)c2)c2ccccc2c1O. The Balaban J connectivity index is 2.15. The van der Waals surface area contributed by atoms with Gasteiger partial charge in [-0.05, 0) is 24.3 Å². The van der Waals surface area contributed by atoms with E-state index in [1.54, 1.807) is 18.2 Å². The van der Waals surface area contributed by atoms with Crippen molar-refractivity contribution in [2.24, 2.45) is 0 Å². The summed E-state index contributed by atoms with van der Waals surface area (Å²) in [6, 6.07) is 11.2. The molecule has 1 unspecified atom stereocenters. The van der Waals surface area contributed by atoms with E-state index in [-0.39, 0.29) is 36.7 Å². The first-order valence-corrected chi connectivity index (χ1v) is 11.5. The number of fused-ring (bicyclic) bond motifs is 1. The van der Waals surface area contributed by atoms with Gasteiger partial charge >= 0.3 is 5.97 Å². The highest BCUT2D eigenvalue weighted by molar-refractivity contribution is 7.92. The van der Waals surface area contributed by atoms with Gasteiger partial charge in [0.25, 0.3) is 10.0 Å². The molecular formula is C18H13Cl2NO6S2. The maximum absolute atomic E-state index is 12.8. The lowest BCUT2D eigenvalue weighted by atomic mass is 10.1. The Morgan fingerprint density at radius 2 is 1.69 bits per heavy atom. The second kappa shape index (κ2) is 8.19. The lowest BCUT2D eigenvalue weighted by molar-refractivity contribution is -0.133. The number of hydrogen-bond donors (Lipinski definition) is 3. The molecule has 3 N–H and O–H groups in total. The molecule has 3 aromatic carbocycles. The highest BCUT2D eigenvalue weighted by atomic mass is 35.5. The molecule has 0 aliphatic heterocycles. The van der Waals surface area contributed by atoms with Crippen LogP contribution in [0.4, 0.5) is 5.69 Å². The van der Waals surface area contributed by atoms with Crippen LogP contribution in [-0.2, 0) is 25.6 Å². The number of anilines is 1. The van der Waals surface area contributed by atoms with Crippen molar-refractivity contribution in [2.45, 2.75) is 9.79 Å². The van der Waals surface area contributed by atoms with Gasteiger partial charge in [0.2, 0.25) is 0 Å². The summed E-state index contributed by atoms with van der Waals surface area (Å²) < 4.78 is 40.3. The van der Waals surface area contributed by atoms with Crippen LogP contribution in [0.5, 0.6) is 5.75 Å². The number of benzene rings is 3. The van der Waals surface area contributed by atoms with Crippen LogP contribution in [0.15, 0.2) is 58.3 Å². The number of carboxylic acids is 1. The van der Waals surface area contributed by atoms with Crippen LogP contribution in [-0.4, -0.2) is 34.6 Å². The lowest BCUT2D eigenvalue weighted by Gasteiger charge is -2.15. The van der Waals surface area contributed by atoms with Gasteiger partial charge in [0.05, 0.1) is 36.3 Å². The van der Waals surface area contributed by atoms with Gasteiger partial charge < -0.3 is 10.2 Å². The zero-order valence-corrected chi connectivity index (χ0v) is 17.6. The van der Waals surface area contributed by atoms with Gasteiger partial charge in [-0.25, -0.2) is 8.42 Å². The van der Waals surface area contributed by atoms with Crippen LogP contribution < -0.4 is 4.72 Å². The average Bonchev–Trinajstić information content (AvgIpc) is 2.65. The number of hydrogen-bond acceptors (Lipinski definition) is 5. The minimum Gasteiger partial charge on any atom is -0.506 e. The maximum atomic E-state index is 12.8. The predicted octanol–water partition coefficient (Wildman–Crippen LogP) is 3.85. The number of aromatic hydroxyl groups is 1. The number of rotatable bonds is 6. The summed E-state index contributed by atoms with van der Waals surface area (Å²) in [7, 11) is -6.21. The molecule has 0 bridgehead atoms. The monoisotopic (exact) mass is 473 g/mol. The standard InChI is InChI=1S/C18H13Cl2NO6S2/c19-13-6-5-10(7-14(13)20)29(26,27)21-15-8-16(28(25)9-17(22)23)18(24)12-4-2-1-3-11(12)15/h1-8,21,24H,9H2,(H,22,23). The van der Waals surface area contributed by atoms with Crippen LogP contribution in [0, 0.1) is 0 Å². The number of carbonyl (C=O) groups is 1. The molecule has 29 heavy (non-hydrogen) atoms. The average molecular weight is 474 g/mol. The van der Waals surface area contributed by atoms with E-state index >= 15 is 0 Å². The summed E-state index contributed by atoms with van der Waals surface area (Å²) in [6.45, 7) is 0. The van der Waals surface area contributed by atoms with E-state index in [0.29, 0.717) is 5.39 Å². The van der Waals surface area contributed by atoms with Crippen molar-refractivity contribution >= 4 is 66.5 Å². The van der Waals surface area contributed by atoms with Crippen LogP contribution in [0.1, 0.15) is 0 Å². The van der Waals surface area contributed by atoms with Gasteiger partial charge in [-0.2, -0.15) is 0 Å². The van der Waals surface area contributed by atoms with E-state index in [1.165, 1.54) is 24.3 Å². The highest BCUT2D eigenvalue weighted by Gasteiger charge is 2.22. The highest BCUT2D eigenvalue weighted by Crippen LogP contribution is 2.37. The van der Waals surface area contributed by atoms with Gasteiger partial charge in [0, 0.05) is 10.8 Å². The molecule has 0 aliphatic carbocycles. The van der Waals surface area contributed by atoms with Crippen molar-refractivity contribution in [1.29, 1.82) is 0 Å². The zero-order valence-electron chi connectivity index (χ0n) is 14.4. The van der Waals surface area contributed by atoms with Crippen molar-refractivity contribution in [3.8, 4) is 5.75 Å². The molecule has 3 aromatic rings. The summed E-state index contributed by atoms with van der Waals surface area (Å²) in [5.41, 5.74) is 0.0261. The molecule has 0 saturated carbocycles. The summed E-state index contributed by atoms with van der Waals surface area (Å²) in [6.07, 6.45) is 0. The van der Waals surface area contributed by atoms with Gasteiger partial charge in [-0.15, -0.1) is 0 Å². The first-order valence-electron chi connectivity index (χ1n) is 7.93. The molecule has 7 nitrogen and oxygen atoms in total. The zero-order chi connectivity index (χ0) is 21.3. The lowest BCUT2D eigenvalue weighted by Crippen LogP contribution is -2.14. The third-order valence-electron chi connectivity index (χ3n) is 3.93. The number of nitrogens with one attached hydrogen (secondary N) is 1.